The maximum absolute atomic E-state index is 13.3. The summed E-state index contributed by atoms with van der Waals surface area (Å²) in [5.74, 6) is 0.718. The second-order valence-electron chi connectivity index (χ2n) is 7.80. The van der Waals surface area contributed by atoms with E-state index >= 15 is 0 Å². The summed E-state index contributed by atoms with van der Waals surface area (Å²) >= 11 is 6.00. The van der Waals surface area contributed by atoms with Gasteiger partial charge in [-0.25, -0.2) is 0 Å². The van der Waals surface area contributed by atoms with Crippen LogP contribution in [0.25, 0.3) is 11.1 Å². The molecular formula is C22H22ClO4P. The molecule has 0 N–H and O–H groups in total. The van der Waals surface area contributed by atoms with Crippen molar-refractivity contribution in [2.75, 3.05) is 13.2 Å². The highest BCUT2D eigenvalue weighted by Gasteiger charge is 2.41. The summed E-state index contributed by atoms with van der Waals surface area (Å²) in [6.07, 6.45) is 0.549. The second-order valence-corrected chi connectivity index (χ2v) is 10.2. The lowest BCUT2D eigenvalue weighted by Gasteiger charge is -2.32. The molecule has 2 heterocycles. The van der Waals surface area contributed by atoms with Gasteiger partial charge < -0.3 is 13.5 Å². The average Bonchev–Trinajstić information content (AvgIpc) is 3.12. The van der Waals surface area contributed by atoms with Crippen molar-refractivity contribution in [2.24, 2.45) is 5.41 Å². The van der Waals surface area contributed by atoms with Gasteiger partial charge in [0.2, 0.25) is 5.50 Å². The Morgan fingerprint density at radius 1 is 1.00 bits per heavy atom. The number of benzene rings is 2. The molecule has 0 radical (unpaired) electrons. The van der Waals surface area contributed by atoms with Crippen LogP contribution < -0.4 is 5.50 Å². The number of hydrogen-bond acceptors (Lipinski definition) is 4. The summed E-state index contributed by atoms with van der Waals surface area (Å²) in [7, 11) is -3.47. The number of halogens is 1. The van der Waals surface area contributed by atoms with Crippen LogP contribution in [0.2, 0.25) is 5.02 Å². The first kappa shape index (κ1) is 19.5. The molecule has 1 aromatic heterocycles. The first-order chi connectivity index (χ1) is 13.3. The van der Waals surface area contributed by atoms with Crippen LogP contribution in [0.5, 0.6) is 0 Å². The van der Waals surface area contributed by atoms with Crippen LogP contribution in [0.4, 0.5) is 0 Å². The maximum atomic E-state index is 13.3. The highest BCUT2D eigenvalue weighted by atomic mass is 35.5. The minimum absolute atomic E-state index is 0.172. The summed E-state index contributed by atoms with van der Waals surface area (Å²) in [6.45, 7) is 4.75. The van der Waals surface area contributed by atoms with E-state index in [4.69, 9.17) is 25.1 Å². The molecule has 0 saturated carbocycles. The van der Waals surface area contributed by atoms with Gasteiger partial charge in [0.15, 0.2) is 0 Å². The summed E-state index contributed by atoms with van der Waals surface area (Å²) in [5, 5.41) is 0.684. The van der Waals surface area contributed by atoms with Gasteiger partial charge >= 0.3 is 7.60 Å². The Kier molecular flexibility index (Phi) is 5.24. The fourth-order valence-electron chi connectivity index (χ4n) is 3.06. The van der Waals surface area contributed by atoms with E-state index in [9.17, 15) is 4.57 Å². The van der Waals surface area contributed by atoms with E-state index in [0.717, 1.165) is 22.5 Å². The Balaban J connectivity index is 1.72. The van der Waals surface area contributed by atoms with Crippen molar-refractivity contribution in [1.29, 1.82) is 0 Å². The molecule has 1 aliphatic heterocycles. The molecule has 4 nitrogen and oxygen atoms in total. The minimum Gasteiger partial charge on any atom is -0.452 e. The normalized spacial score (nSPS) is 18.1. The smallest absolute Gasteiger partial charge is 0.396 e. The van der Waals surface area contributed by atoms with Crippen molar-refractivity contribution < 1.29 is 18.0 Å². The molecule has 28 heavy (non-hydrogen) atoms. The molecule has 0 unspecified atom stereocenters. The third kappa shape index (κ3) is 4.11. The lowest BCUT2D eigenvalue weighted by atomic mass is 9.97. The first-order valence-corrected chi connectivity index (χ1v) is 11.1. The standard InChI is InChI=1S/C22H22ClO4P/c1-22(2)14-25-28(24,26-15-22)21-13-19(17-6-4-3-5-7-17)20(27-21)12-16-8-10-18(23)11-9-16/h3-11,13H,12,14-15H2,1-2H3. The SMILES string of the molecule is CC1(C)COP(=O)(c2cc(-c3ccccc3)c(Cc3ccc(Cl)cc3)o2)OC1. The molecule has 1 saturated heterocycles. The molecular weight excluding hydrogens is 395 g/mol. The molecule has 0 atom stereocenters. The zero-order valence-electron chi connectivity index (χ0n) is 15.9. The summed E-state index contributed by atoms with van der Waals surface area (Å²) in [6, 6.07) is 19.3. The largest absolute Gasteiger partial charge is 0.452 e. The van der Waals surface area contributed by atoms with Gasteiger partial charge in [-0.05, 0) is 23.3 Å². The van der Waals surface area contributed by atoms with Crippen molar-refractivity contribution >= 4 is 24.7 Å². The van der Waals surface area contributed by atoms with Crippen LogP contribution in [0.3, 0.4) is 0 Å². The third-order valence-corrected chi connectivity index (χ3v) is 6.63. The van der Waals surface area contributed by atoms with Gasteiger partial charge in [0.05, 0.1) is 13.2 Å². The Bertz CT molecular complexity index is 995. The van der Waals surface area contributed by atoms with E-state index in [1.165, 1.54) is 0 Å². The molecule has 4 rings (SSSR count). The zero-order valence-corrected chi connectivity index (χ0v) is 17.5. The van der Waals surface area contributed by atoms with Crippen LogP contribution in [0.15, 0.2) is 65.1 Å². The van der Waals surface area contributed by atoms with Crippen LogP contribution in [-0.4, -0.2) is 13.2 Å². The van der Waals surface area contributed by atoms with E-state index in [-0.39, 0.29) is 10.9 Å². The zero-order chi connectivity index (χ0) is 19.8. The monoisotopic (exact) mass is 416 g/mol. The average molecular weight is 417 g/mol. The van der Waals surface area contributed by atoms with Gasteiger partial charge in [-0.15, -0.1) is 0 Å². The number of hydrogen-bond donors (Lipinski definition) is 0. The fraction of sp³-hybridized carbons (Fsp3) is 0.273. The third-order valence-electron chi connectivity index (χ3n) is 4.68. The van der Waals surface area contributed by atoms with Gasteiger partial charge in [0.25, 0.3) is 0 Å². The van der Waals surface area contributed by atoms with Crippen molar-refractivity contribution in [3.63, 3.8) is 0 Å². The maximum Gasteiger partial charge on any atom is 0.396 e. The van der Waals surface area contributed by atoms with Crippen LogP contribution in [-0.2, 0) is 20.0 Å². The highest BCUT2D eigenvalue weighted by Crippen LogP contribution is 2.53. The summed E-state index contributed by atoms with van der Waals surface area (Å²) in [4.78, 5) is 0. The van der Waals surface area contributed by atoms with E-state index < -0.39 is 7.60 Å². The molecule has 0 aliphatic carbocycles. The van der Waals surface area contributed by atoms with Crippen molar-refractivity contribution in [2.45, 2.75) is 20.3 Å². The van der Waals surface area contributed by atoms with Gasteiger partial charge in [-0.1, -0.05) is 67.9 Å². The van der Waals surface area contributed by atoms with Crippen molar-refractivity contribution in [3.8, 4) is 11.1 Å². The number of furan rings is 1. The lowest BCUT2D eigenvalue weighted by molar-refractivity contribution is 0.0447. The van der Waals surface area contributed by atoms with E-state index in [1.807, 2.05) is 68.4 Å². The predicted molar refractivity (Wildman–Crippen MR) is 111 cm³/mol. The fourth-order valence-corrected chi connectivity index (χ4v) is 5.06. The molecule has 1 aliphatic rings. The predicted octanol–water partition coefficient (Wildman–Crippen LogP) is 6.08. The Labute approximate surface area is 170 Å². The van der Waals surface area contributed by atoms with Gasteiger partial charge in [-0.3, -0.25) is 4.57 Å². The van der Waals surface area contributed by atoms with Gasteiger partial charge in [-0.2, -0.15) is 0 Å². The Morgan fingerprint density at radius 3 is 2.29 bits per heavy atom. The molecule has 0 spiro atoms. The summed E-state index contributed by atoms with van der Waals surface area (Å²) in [5.41, 5.74) is 3.01. The topological polar surface area (TPSA) is 48.7 Å². The van der Waals surface area contributed by atoms with Crippen molar-refractivity contribution in [3.05, 3.63) is 77.0 Å². The molecule has 1 fully saturated rings. The minimum atomic E-state index is -3.47. The highest BCUT2D eigenvalue weighted by molar-refractivity contribution is 7.61. The Hall–Kier alpha value is -1.84. The van der Waals surface area contributed by atoms with E-state index in [2.05, 4.69) is 0 Å². The lowest BCUT2D eigenvalue weighted by Crippen LogP contribution is -2.31. The Morgan fingerprint density at radius 2 is 1.64 bits per heavy atom. The van der Waals surface area contributed by atoms with Crippen LogP contribution >= 0.6 is 19.2 Å². The van der Waals surface area contributed by atoms with E-state index in [0.29, 0.717) is 24.7 Å². The van der Waals surface area contributed by atoms with Gasteiger partial charge in [0, 0.05) is 28.5 Å². The molecule has 2 aromatic carbocycles. The molecule has 0 amide bonds. The van der Waals surface area contributed by atoms with Crippen LogP contribution in [0, 0.1) is 5.41 Å². The summed E-state index contributed by atoms with van der Waals surface area (Å²) < 4.78 is 30.6. The molecule has 0 bridgehead atoms. The quantitative estimate of drug-likeness (QED) is 0.483. The van der Waals surface area contributed by atoms with Crippen molar-refractivity contribution in [1.82, 2.24) is 0 Å². The molecule has 6 heteroatoms. The second kappa shape index (κ2) is 7.53. The molecule has 3 aromatic rings. The van der Waals surface area contributed by atoms with E-state index in [1.54, 1.807) is 6.07 Å². The first-order valence-electron chi connectivity index (χ1n) is 9.17. The van der Waals surface area contributed by atoms with Crippen LogP contribution in [0.1, 0.15) is 25.2 Å². The van der Waals surface area contributed by atoms with Gasteiger partial charge in [0.1, 0.15) is 5.76 Å². The number of rotatable bonds is 4. The molecule has 146 valence electrons.